The summed E-state index contributed by atoms with van der Waals surface area (Å²) in [5.74, 6) is -1.07. The van der Waals surface area contributed by atoms with E-state index in [1.807, 2.05) is 0 Å². The third-order valence-corrected chi connectivity index (χ3v) is 5.54. The van der Waals surface area contributed by atoms with Crippen molar-refractivity contribution in [3.63, 3.8) is 0 Å². The number of amides is 3. The second-order valence-corrected chi connectivity index (χ2v) is 7.67. The van der Waals surface area contributed by atoms with Crippen molar-refractivity contribution in [1.29, 1.82) is 0 Å². The first-order valence-electron chi connectivity index (χ1n) is 9.58. The summed E-state index contributed by atoms with van der Waals surface area (Å²) in [6, 6.07) is 6.71. The molecular weight excluding hydrogens is 445 g/mol. The first-order valence-corrected chi connectivity index (χ1v) is 9.95. The molecule has 0 aromatic heterocycles. The van der Waals surface area contributed by atoms with Gasteiger partial charge in [-0.1, -0.05) is 22.9 Å². The van der Waals surface area contributed by atoms with Gasteiger partial charge in [0.05, 0.1) is 10.7 Å². The molecule has 32 heavy (non-hydrogen) atoms. The number of imide groups is 1. The molecule has 0 bridgehead atoms. The minimum absolute atomic E-state index is 0.128. The zero-order valence-corrected chi connectivity index (χ0v) is 17.1. The lowest BCUT2D eigenvalue weighted by Gasteiger charge is -2.20. The molecule has 12 heteroatoms. The van der Waals surface area contributed by atoms with Crippen LogP contribution in [0.2, 0.25) is 5.02 Å². The van der Waals surface area contributed by atoms with Gasteiger partial charge in [-0.2, -0.15) is 5.11 Å². The number of nitrogens with zero attached hydrogens (tertiary/aromatic N) is 4. The van der Waals surface area contributed by atoms with Gasteiger partial charge < -0.3 is 14.8 Å². The summed E-state index contributed by atoms with van der Waals surface area (Å²) in [6.45, 7) is 0.107. The van der Waals surface area contributed by atoms with Crippen molar-refractivity contribution in [3.8, 4) is 11.5 Å². The van der Waals surface area contributed by atoms with Gasteiger partial charge in [-0.3, -0.25) is 19.4 Å². The Hall–Kier alpha value is -3.73. The molecule has 2 aromatic carbocycles. The molecule has 0 aliphatic carbocycles. The van der Waals surface area contributed by atoms with Gasteiger partial charge in [0, 0.05) is 6.54 Å². The maximum atomic E-state index is 13.5. The Morgan fingerprint density at radius 2 is 1.97 bits per heavy atom. The van der Waals surface area contributed by atoms with Crippen LogP contribution in [0, 0.1) is 5.82 Å². The molecule has 2 atom stereocenters. The molecule has 1 N–H and O–H groups in total. The maximum Gasteiger partial charge on any atom is 0.263 e. The number of anilines is 1. The summed E-state index contributed by atoms with van der Waals surface area (Å²) >= 11 is 5.78. The van der Waals surface area contributed by atoms with Crippen LogP contribution in [-0.4, -0.2) is 48.2 Å². The Kier molecular flexibility index (Phi) is 4.89. The Morgan fingerprint density at radius 3 is 2.78 bits per heavy atom. The monoisotopic (exact) mass is 459 g/mol. The SMILES string of the molecule is O=C(CN1N=N[C@H]2C(=O)N(c3ccc(F)c(Cl)c3)C(=O)[C@H]21)NCc1ccc2c(c1)OCO2. The van der Waals surface area contributed by atoms with Crippen LogP contribution in [0.3, 0.4) is 0 Å². The Labute approximate surface area is 185 Å². The Balaban J connectivity index is 1.24. The number of nitrogens with one attached hydrogen (secondary N) is 1. The summed E-state index contributed by atoms with van der Waals surface area (Å²) < 4.78 is 24.0. The van der Waals surface area contributed by atoms with E-state index >= 15 is 0 Å². The van der Waals surface area contributed by atoms with Crippen molar-refractivity contribution < 1.29 is 28.2 Å². The standard InChI is InChI=1S/C20H15ClFN5O5/c21-12-6-11(2-3-13(12)22)27-19(29)17-18(20(27)30)26(25-24-17)8-16(28)23-7-10-1-4-14-15(5-10)32-9-31-14/h1-6,17-18H,7-9H2,(H,23,28)/t17-,18+/m1/s1. The van der Waals surface area contributed by atoms with Crippen LogP contribution >= 0.6 is 11.6 Å². The van der Waals surface area contributed by atoms with Crippen LogP contribution in [0.1, 0.15) is 5.56 Å². The first-order chi connectivity index (χ1) is 15.4. The molecule has 0 unspecified atom stereocenters. The largest absolute Gasteiger partial charge is 0.454 e. The van der Waals surface area contributed by atoms with E-state index in [9.17, 15) is 18.8 Å². The smallest absolute Gasteiger partial charge is 0.263 e. The molecule has 0 saturated carbocycles. The molecule has 164 valence electrons. The highest BCUT2D eigenvalue weighted by atomic mass is 35.5. The fourth-order valence-corrected chi connectivity index (χ4v) is 3.86. The maximum absolute atomic E-state index is 13.5. The van der Waals surface area contributed by atoms with E-state index in [1.54, 1.807) is 18.2 Å². The molecule has 3 heterocycles. The van der Waals surface area contributed by atoms with Gasteiger partial charge in [-0.05, 0) is 35.9 Å². The van der Waals surface area contributed by atoms with E-state index in [4.69, 9.17) is 21.1 Å². The van der Waals surface area contributed by atoms with Crippen molar-refractivity contribution in [1.82, 2.24) is 10.3 Å². The summed E-state index contributed by atoms with van der Waals surface area (Å²) in [4.78, 5) is 38.9. The van der Waals surface area contributed by atoms with E-state index in [0.29, 0.717) is 11.5 Å². The summed E-state index contributed by atoms with van der Waals surface area (Å²) in [7, 11) is 0. The molecule has 1 saturated heterocycles. The van der Waals surface area contributed by atoms with Gasteiger partial charge in [-0.25, -0.2) is 9.29 Å². The third kappa shape index (κ3) is 3.40. The number of hydrogen-bond donors (Lipinski definition) is 1. The normalized spacial score (nSPS) is 20.8. The molecule has 5 rings (SSSR count). The minimum atomic E-state index is -1.08. The first kappa shape index (κ1) is 20.2. The quantitative estimate of drug-likeness (QED) is 0.682. The van der Waals surface area contributed by atoms with E-state index in [-0.39, 0.29) is 30.6 Å². The van der Waals surface area contributed by atoms with Gasteiger partial charge >= 0.3 is 0 Å². The highest BCUT2D eigenvalue weighted by Gasteiger charge is 2.55. The summed E-state index contributed by atoms with van der Waals surface area (Å²) in [5, 5.41) is 11.4. The van der Waals surface area contributed by atoms with Gasteiger partial charge in [0.25, 0.3) is 11.8 Å². The average Bonchev–Trinajstić information content (AvgIpc) is 3.46. The second kappa shape index (κ2) is 7.75. The predicted octanol–water partition coefficient (Wildman–Crippen LogP) is 1.82. The molecule has 0 radical (unpaired) electrons. The molecule has 3 aliphatic rings. The lowest BCUT2D eigenvalue weighted by atomic mass is 10.1. The highest BCUT2D eigenvalue weighted by Crippen LogP contribution is 2.34. The van der Waals surface area contributed by atoms with Crippen LogP contribution in [0.5, 0.6) is 11.5 Å². The van der Waals surface area contributed by atoms with Crippen LogP contribution in [0.4, 0.5) is 10.1 Å². The van der Waals surface area contributed by atoms with Gasteiger partial charge in [0.2, 0.25) is 12.7 Å². The lowest BCUT2D eigenvalue weighted by Crippen LogP contribution is -2.44. The van der Waals surface area contributed by atoms with Crippen molar-refractivity contribution in [2.24, 2.45) is 10.3 Å². The molecule has 0 spiro atoms. The van der Waals surface area contributed by atoms with Crippen molar-refractivity contribution in [3.05, 3.63) is 52.8 Å². The molecule has 1 fully saturated rings. The third-order valence-electron chi connectivity index (χ3n) is 5.25. The molecular formula is C20H15ClFN5O5. The average molecular weight is 460 g/mol. The van der Waals surface area contributed by atoms with Crippen LogP contribution in [0.25, 0.3) is 0 Å². The van der Waals surface area contributed by atoms with Crippen molar-refractivity contribution in [2.75, 3.05) is 18.2 Å². The topological polar surface area (TPSA) is 113 Å². The molecule has 3 amide bonds. The number of hydrogen-bond acceptors (Lipinski definition) is 8. The predicted molar refractivity (Wildman–Crippen MR) is 107 cm³/mol. The number of carbonyl (C=O) groups is 3. The Bertz CT molecular complexity index is 1180. The summed E-state index contributed by atoms with van der Waals surface area (Å²) in [5.41, 5.74) is 0.929. The number of fused-ring (bicyclic) bond motifs is 2. The summed E-state index contributed by atoms with van der Waals surface area (Å²) in [6.07, 6.45) is 0. The van der Waals surface area contributed by atoms with E-state index < -0.39 is 35.6 Å². The lowest BCUT2D eigenvalue weighted by molar-refractivity contribution is -0.125. The second-order valence-electron chi connectivity index (χ2n) is 7.27. The van der Waals surface area contributed by atoms with Crippen LogP contribution < -0.4 is 19.7 Å². The molecule has 10 nitrogen and oxygen atoms in total. The number of halogens is 2. The number of ether oxygens (including phenoxy) is 2. The van der Waals surface area contributed by atoms with Gasteiger partial charge in [0.15, 0.2) is 23.6 Å². The molecule has 2 aromatic rings. The number of rotatable bonds is 5. The minimum Gasteiger partial charge on any atom is -0.454 e. The fourth-order valence-electron chi connectivity index (χ4n) is 3.69. The Morgan fingerprint density at radius 1 is 1.16 bits per heavy atom. The van der Waals surface area contributed by atoms with Crippen LogP contribution in [-0.2, 0) is 20.9 Å². The highest BCUT2D eigenvalue weighted by molar-refractivity contribution is 6.32. The number of carbonyl (C=O) groups excluding carboxylic acids is 3. The van der Waals surface area contributed by atoms with Crippen LogP contribution in [0.15, 0.2) is 46.7 Å². The fraction of sp³-hybridized carbons (Fsp3) is 0.250. The van der Waals surface area contributed by atoms with E-state index in [2.05, 4.69) is 15.7 Å². The zero-order chi connectivity index (χ0) is 22.4. The van der Waals surface area contributed by atoms with Crippen molar-refractivity contribution in [2.45, 2.75) is 18.6 Å². The molecule has 3 aliphatic heterocycles. The van der Waals surface area contributed by atoms with E-state index in [1.165, 1.54) is 17.1 Å². The van der Waals surface area contributed by atoms with Crippen molar-refractivity contribution >= 4 is 35.0 Å². The van der Waals surface area contributed by atoms with Gasteiger partial charge in [0.1, 0.15) is 12.4 Å². The van der Waals surface area contributed by atoms with Gasteiger partial charge in [-0.15, -0.1) is 0 Å². The zero-order valence-electron chi connectivity index (χ0n) is 16.3. The van der Waals surface area contributed by atoms with E-state index in [0.717, 1.165) is 16.5 Å². The number of benzene rings is 2.